The number of para-hydroxylation sites is 1. The molecule has 126 valence electrons. The molecule has 3 N–H and O–H groups in total. The lowest BCUT2D eigenvalue weighted by atomic mass is 9.84. The van der Waals surface area contributed by atoms with Gasteiger partial charge in [0.2, 0.25) is 0 Å². The number of rotatable bonds is 3. The molecule has 0 radical (unpaired) electrons. The Morgan fingerprint density at radius 3 is 2.46 bits per heavy atom. The molecule has 0 saturated carbocycles. The zero-order valence-corrected chi connectivity index (χ0v) is 14.3. The van der Waals surface area contributed by atoms with Crippen LogP contribution in [-0.2, 0) is 5.41 Å². The molecule has 2 aromatic carbocycles. The highest BCUT2D eigenvalue weighted by Crippen LogP contribution is 2.33. The average Bonchev–Trinajstić information content (AvgIpc) is 2.49. The van der Waals surface area contributed by atoms with E-state index < -0.39 is 5.91 Å². The van der Waals surface area contributed by atoms with Gasteiger partial charge in [0, 0.05) is 11.1 Å². The van der Waals surface area contributed by atoms with Gasteiger partial charge in [0.1, 0.15) is 11.5 Å². The topological polar surface area (TPSA) is 81.9 Å². The smallest absolute Gasteiger partial charge is 0.275 e. The Balaban J connectivity index is 2.23. The number of phenolic OH excluding ortho intramolecular Hbond substituents is 2. The zero-order chi connectivity index (χ0) is 17.9. The molecule has 0 unspecified atom stereocenters. The molecule has 2 aromatic rings. The van der Waals surface area contributed by atoms with Gasteiger partial charge < -0.3 is 10.2 Å². The van der Waals surface area contributed by atoms with Crippen LogP contribution in [0.3, 0.4) is 0 Å². The molecule has 0 aliphatic rings. The number of phenols is 2. The first kappa shape index (κ1) is 17.5. The van der Waals surface area contributed by atoms with Gasteiger partial charge in [-0.15, -0.1) is 0 Å². The first-order chi connectivity index (χ1) is 11.2. The second-order valence-electron chi connectivity index (χ2n) is 6.72. The minimum Gasteiger partial charge on any atom is -0.507 e. The highest BCUT2D eigenvalue weighted by molar-refractivity contribution is 5.97. The molecule has 0 atom stereocenters. The van der Waals surface area contributed by atoms with Crippen molar-refractivity contribution in [2.24, 2.45) is 5.10 Å². The lowest BCUT2D eigenvalue weighted by Crippen LogP contribution is -2.18. The number of amides is 1. The lowest BCUT2D eigenvalue weighted by Gasteiger charge is -2.22. The van der Waals surface area contributed by atoms with Crippen LogP contribution in [0.5, 0.6) is 11.5 Å². The number of benzene rings is 2. The Bertz CT molecular complexity index is 790. The minimum atomic E-state index is -0.521. The molecule has 0 heterocycles. The second kappa shape index (κ2) is 6.74. The fraction of sp³-hybridized carbons (Fsp3) is 0.263. The molecule has 0 saturated heterocycles. The standard InChI is InChI=1S/C19H22N2O3/c1-12-9-13(17(23)15(10-12)19(2,3)4)11-20-21-18(24)14-7-5-6-8-16(14)22/h5-11,22-23H,1-4H3,(H,21,24)/b20-11+. The summed E-state index contributed by atoms with van der Waals surface area (Å²) in [6.45, 7) is 7.99. The number of carbonyl (C=O) groups is 1. The molecule has 2 rings (SSSR count). The van der Waals surface area contributed by atoms with E-state index in [0.717, 1.165) is 11.1 Å². The van der Waals surface area contributed by atoms with Crippen molar-refractivity contribution in [3.8, 4) is 11.5 Å². The van der Waals surface area contributed by atoms with E-state index in [2.05, 4.69) is 10.5 Å². The fourth-order valence-corrected chi connectivity index (χ4v) is 2.36. The molecule has 0 aliphatic heterocycles. The maximum Gasteiger partial charge on any atom is 0.275 e. The van der Waals surface area contributed by atoms with E-state index in [1.165, 1.54) is 18.3 Å². The maximum absolute atomic E-state index is 12.0. The molecule has 0 aliphatic carbocycles. The summed E-state index contributed by atoms with van der Waals surface area (Å²) in [5.41, 5.74) is 4.61. The normalized spacial score (nSPS) is 11.7. The summed E-state index contributed by atoms with van der Waals surface area (Å²) in [6, 6.07) is 9.95. The molecular weight excluding hydrogens is 304 g/mol. The lowest BCUT2D eigenvalue weighted by molar-refractivity contribution is 0.0952. The van der Waals surface area contributed by atoms with Crippen molar-refractivity contribution in [2.75, 3.05) is 0 Å². The summed E-state index contributed by atoms with van der Waals surface area (Å²) in [4.78, 5) is 12.0. The van der Waals surface area contributed by atoms with E-state index in [4.69, 9.17) is 0 Å². The Labute approximate surface area is 141 Å². The number of aryl methyl sites for hydroxylation is 1. The first-order valence-electron chi connectivity index (χ1n) is 7.65. The van der Waals surface area contributed by atoms with Crippen molar-refractivity contribution < 1.29 is 15.0 Å². The number of nitrogens with one attached hydrogen (secondary N) is 1. The molecule has 0 aromatic heterocycles. The van der Waals surface area contributed by atoms with Crippen LogP contribution in [-0.4, -0.2) is 22.3 Å². The number of hydrazone groups is 1. The highest BCUT2D eigenvalue weighted by Gasteiger charge is 2.20. The maximum atomic E-state index is 12.0. The number of carbonyl (C=O) groups excluding carboxylic acids is 1. The third-order valence-corrected chi connectivity index (χ3v) is 3.61. The van der Waals surface area contributed by atoms with Gasteiger partial charge in [0.15, 0.2) is 0 Å². The van der Waals surface area contributed by atoms with Gasteiger partial charge in [-0.2, -0.15) is 5.10 Å². The Morgan fingerprint density at radius 1 is 1.17 bits per heavy atom. The van der Waals surface area contributed by atoms with Gasteiger partial charge in [-0.1, -0.05) is 39.0 Å². The number of nitrogens with zero attached hydrogens (tertiary/aromatic N) is 1. The van der Waals surface area contributed by atoms with Gasteiger partial charge in [-0.3, -0.25) is 4.79 Å². The van der Waals surface area contributed by atoms with Gasteiger partial charge >= 0.3 is 0 Å². The summed E-state index contributed by atoms with van der Waals surface area (Å²) >= 11 is 0. The Hall–Kier alpha value is -2.82. The predicted octanol–water partition coefficient (Wildman–Crippen LogP) is 3.47. The first-order valence-corrected chi connectivity index (χ1v) is 7.65. The van der Waals surface area contributed by atoms with Gasteiger partial charge in [0.25, 0.3) is 5.91 Å². The summed E-state index contributed by atoms with van der Waals surface area (Å²) < 4.78 is 0. The quantitative estimate of drug-likeness (QED) is 0.597. The summed E-state index contributed by atoms with van der Waals surface area (Å²) in [6.07, 6.45) is 1.40. The van der Waals surface area contributed by atoms with Crippen LogP contribution in [0.4, 0.5) is 0 Å². The van der Waals surface area contributed by atoms with Gasteiger partial charge in [-0.05, 0) is 36.1 Å². The van der Waals surface area contributed by atoms with Crippen LogP contribution in [0.15, 0.2) is 41.5 Å². The Kier molecular flexibility index (Phi) is 4.93. The molecule has 5 nitrogen and oxygen atoms in total. The molecule has 5 heteroatoms. The number of hydrogen-bond acceptors (Lipinski definition) is 4. The van der Waals surface area contributed by atoms with E-state index in [-0.39, 0.29) is 22.5 Å². The van der Waals surface area contributed by atoms with Gasteiger partial charge in [-0.25, -0.2) is 5.43 Å². The van der Waals surface area contributed by atoms with Crippen molar-refractivity contribution in [3.63, 3.8) is 0 Å². The van der Waals surface area contributed by atoms with Crippen LogP contribution < -0.4 is 5.43 Å². The van der Waals surface area contributed by atoms with Crippen molar-refractivity contribution in [3.05, 3.63) is 58.7 Å². The third-order valence-electron chi connectivity index (χ3n) is 3.61. The molecule has 24 heavy (non-hydrogen) atoms. The number of hydrogen-bond donors (Lipinski definition) is 3. The van der Waals surface area contributed by atoms with E-state index in [1.54, 1.807) is 18.2 Å². The highest BCUT2D eigenvalue weighted by atomic mass is 16.3. The van der Waals surface area contributed by atoms with E-state index in [1.807, 2.05) is 33.8 Å². The molecule has 0 spiro atoms. The van der Waals surface area contributed by atoms with Crippen molar-refractivity contribution in [2.45, 2.75) is 33.1 Å². The molecule has 1 amide bonds. The molecular formula is C19H22N2O3. The number of aromatic hydroxyl groups is 2. The summed E-state index contributed by atoms with van der Waals surface area (Å²) in [5.74, 6) is -0.486. The fourth-order valence-electron chi connectivity index (χ4n) is 2.36. The van der Waals surface area contributed by atoms with Crippen molar-refractivity contribution >= 4 is 12.1 Å². The summed E-state index contributed by atoms with van der Waals surface area (Å²) in [5, 5.41) is 24.0. The molecule has 0 fully saturated rings. The SMILES string of the molecule is Cc1cc(/C=N/NC(=O)c2ccccc2O)c(O)c(C(C)(C)C)c1. The van der Waals surface area contributed by atoms with Crippen LogP contribution in [0.2, 0.25) is 0 Å². The van der Waals surface area contributed by atoms with E-state index in [0.29, 0.717) is 5.56 Å². The summed E-state index contributed by atoms with van der Waals surface area (Å²) in [7, 11) is 0. The van der Waals surface area contributed by atoms with Crippen molar-refractivity contribution in [1.82, 2.24) is 5.43 Å². The largest absolute Gasteiger partial charge is 0.507 e. The monoisotopic (exact) mass is 326 g/mol. The van der Waals surface area contributed by atoms with Crippen LogP contribution in [0.25, 0.3) is 0 Å². The average molecular weight is 326 g/mol. The van der Waals surface area contributed by atoms with Crippen molar-refractivity contribution in [1.29, 1.82) is 0 Å². The zero-order valence-electron chi connectivity index (χ0n) is 14.3. The van der Waals surface area contributed by atoms with E-state index >= 15 is 0 Å². The second-order valence-corrected chi connectivity index (χ2v) is 6.72. The molecule has 0 bridgehead atoms. The van der Waals surface area contributed by atoms with E-state index in [9.17, 15) is 15.0 Å². The Morgan fingerprint density at radius 2 is 1.83 bits per heavy atom. The van der Waals surface area contributed by atoms with Crippen LogP contribution in [0, 0.1) is 6.92 Å². The minimum absolute atomic E-state index is 0.112. The van der Waals surface area contributed by atoms with Crippen LogP contribution in [0.1, 0.15) is 47.8 Å². The third kappa shape index (κ3) is 3.93. The predicted molar refractivity (Wildman–Crippen MR) is 94.7 cm³/mol. The van der Waals surface area contributed by atoms with Crippen LogP contribution >= 0.6 is 0 Å². The van der Waals surface area contributed by atoms with Gasteiger partial charge in [0.05, 0.1) is 11.8 Å².